The molecule has 1 nitrogen and oxygen atoms in total. The molecule has 0 spiro atoms. The highest BCUT2D eigenvalue weighted by Gasteiger charge is 1.99. The molecule has 0 heterocycles. The van der Waals surface area contributed by atoms with Crippen LogP contribution in [0.4, 0.5) is 0 Å². The molecule has 0 fully saturated rings. The lowest BCUT2D eigenvalue weighted by Crippen LogP contribution is -1.95. The first-order valence-corrected chi connectivity index (χ1v) is 7.66. The van der Waals surface area contributed by atoms with Gasteiger partial charge in [-0.15, -0.1) is 11.8 Å². The van der Waals surface area contributed by atoms with Gasteiger partial charge in [0.25, 0.3) is 0 Å². The van der Waals surface area contributed by atoms with Crippen molar-refractivity contribution < 1.29 is 4.79 Å². The number of rotatable bonds is 5. The minimum atomic E-state index is 0.102. The Morgan fingerprint density at radius 1 is 1.10 bits per heavy atom. The van der Waals surface area contributed by atoms with E-state index in [9.17, 15) is 4.79 Å². The molecule has 0 saturated carbocycles. The largest absolute Gasteiger partial charge is 0.294 e. The van der Waals surface area contributed by atoms with Crippen molar-refractivity contribution in [2.75, 3.05) is 5.75 Å². The molecule has 20 heavy (non-hydrogen) atoms. The quantitative estimate of drug-likeness (QED) is 0.569. The Kier molecular flexibility index (Phi) is 5.45. The van der Waals surface area contributed by atoms with E-state index in [0.29, 0.717) is 10.8 Å². The van der Waals surface area contributed by atoms with E-state index in [-0.39, 0.29) is 5.78 Å². The summed E-state index contributed by atoms with van der Waals surface area (Å²) in [6.45, 7) is 2.05. The topological polar surface area (TPSA) is 17.1 Å². The number of carbonyl (C=O) groups excluding carboxylic acids is 1. The number of carbonyl (C=O) groups is 1. The predicted octanol–water partition coefficient (Wildman–Crippen LogP) is 5.02. The van der Waals surface area contributed by atoms with E-state index in [4.69, 9.17) is 11.6 Å². The van der Waals surface area contributed by atoms with Crippen molar-refractivity contribution in [3.63, 3.8) is 0 Å². The number of hydrogen-bond donors (Lipinski definition) is 0. The molecule has 0 aliphatic rings. The molecule has 0 radical (unpaired) electrons. The highest BCUT2D eigenvalue weighted by molar-refractivity contribution is 8.00. The third-order valence-electron chi connectivity index (χ3n) is 2.73. The summed E-state index contributed by atoms with van der Waals surface area (Å²) in [5, 5.41) is 0.698. The normalized spacial score (nSPS) is 10.9. The van der Waals surface area contributed by atoms with Crippen molar-refractivity contribution >= 4 is 35.2 Å². The summed E-state index contributed by atoms with van der Waals surface area (Å²) in [5.41, 5.74) is 2.20. The Hall–Kier alpha value is -1.51. The zero-order valence-electron chi connectivity index (χ0n) is 11.2. The Labute approximate surface area is 128 Å². The number of thioether (sulfide) groups is 1. The molecule has 102 valence electrons. The van der Waals surface area contributed by atoms with E-state index >= 15 is 0 Å². The standard InChI is InChI=1S/C17H15ClOS/c1-13-2-10-17(11-3-13)20-12-16(19)9-6-14-4-7-15(18)8-5-14/h2-11H,12H2,1H3/b9-6+. The summed E-state index contributed by atoms with van der Waals surface area (Å²) in [6, 6.07) is 15.6. The van der Waals surface area contributed by atoms with Crippen LogP contribution in [0.3, 0.4) is 0 Å². The molecule has 3 heteroatoms. The van der Waals surface area contributed by atoms with Gasteiger partial charge >= 0.3 is 0 Å². The van der Waals surface area contributed by atoms with Crippen LogP contribution in [0.5, 0.6) is 0 Å². The summed E-state index contributed by atoms with van der Waals surface area (Å²) in [7, 11) is 0. The Balaban J connectivity index is 1.86. The number of aryl methyl sites for hydroxylation is 1. The van der Waals surface area contributed by atoms with Gasteiger partial charge in [0.15, 0.2) is 5.78 Å². The molecular weight excluding hydrogens is 288 g/mol. The second-order valence-electron chi connectivity index (χ2n) is 4.45. The van der Waals surface area contributed by atoms with Gasteiger partial charge in [0.1, 0.15) is 0 Å². The summed E-state index contributed by atoms with van der Waals surface area (Å²) >= 11 is 7.36. The molecule has 2 aromatic carbocycles. The first-order chi connectivity index (χ1) is 9.63. The third kappa shape index (κ3) is 4.87. The van der Waals surface area contributed by atoms with E-state index in [1.165, 1.54) is 5.56 Å². The van der Waals surface area contributed by atoms with Crippen LogP contribution >= 0.6 is 23.4 Å². The molecule has 0 unspecified atom stereocenters. The van der Waals surface area contributed by atoms with E-state index in [2.05, 4.69) is 19.1 Å². The smallest absolute Gasteiger partial charge is 0.165 e. The van der Waals surface area contributed by atoms with Crippen LogP contribution in [0, 0.1) is 6.92 Å². The highest BCUT2D eigenvalue weighted by atomic mass is 35.5. The zero-order chi connectivity index (χ0) is 14.4. The van der Waals surface area contributed by atoms with Crippen molar-refractivity contribution in [3.8, 4) is 0 Å². The average molecular weight is 303 g/mol. The number of benzene rings is 2. The van der Waals surface area contributed by atoms with Gasteiger partial charge in [-0.1, -0.05) is 47.5 Å². The van der Waals surface area contributed by atoms with Gasteiger partial charge in [0.05, 0.1) is 5.75 Å². The van der Waals surface area contributed by atoms with Crippen LogP contribution in [0.1, 0.15) is 11.1 Å². The lowest BCUT2D eigenvalue weighted by atomic mass is 10.2. The van der Waals surface area contributed by atoms with Crippen molar-refractivity contribution in [3.05, 3.63) is 70.8 Å². The maximum atomic E-state index is 11.8. The number of allylic oxidation sites excluding steroid dienone is 1. The molecular formula is C17H15ClOS. The summed E-state index contributed by atoms with van der Waals surface area (Å²) < 4.78 is 0. The van der Waals surface area contributed by atoms with Crippen LogP contribution in [-0.2, 0) is 4.79 Å². The molecule has 2 rings (SSSR count). The fourth-order valence-electron chi connectivity index (χ4n) is 1.60. The SMILES string of the molecule is Cc1ccc(SCC(=O)/C=C/c2ccc(Cl)cc2)cc1. The van der Waals surface area contributed by atoms with Gasteiger partial charge in [-0.25, -0.2) is 0 Å². The highest BCUT2D eigenvalue weighted by Crippen LogP contribution is 2.18. The zero-order valence-corrected chi connectivity index (χ0v) is 12.7. The summed E-state index contributed by atoms with van der Waals surface area (Å²) in [5.74, 6) is 0.554. The molecule has 0 atom stereocenters. The summed E-state index contributed by atoms with van der Waals surface area (Å²) in [4.78, 5) is 12.9. The minimum Gasteiger partial charge on any atom is -0.294 e. The number of hydrogen-bond acceptors (Lipinski definition) is 2. The molecule has 0 aliphatic carbocycles. The number of ketones is 1. The van der Waals surface area contributed by atoms with Crippen LogP contribution in [0.25, 0.3) is 6.08 Å². The van der Waals surface area contributed by atoms with Crippen molar-refractivity contribution in [2.45, 2.75) is 11.8 Å². The van der Waals surface area contributed by atoms with Crippen LogP contribution in [0.15, 0.2) is 59.5 Å². The average Bonchev–Trinajstić information content (AvgIpc) is 2.46. The van der Waals surface area contributed by atoms with E-state index in [0.717, 1.165) is 10.5 Å². The first kappa shape index (κ1) is 14.9. The molecule has 0 aliphatic heterocycles. The minimum absolute atomic E-state index is 0.102. The Bertz CT molecular complexity index is 600. The van der Waals surface area contributed by atoms with Crippen molar-refractivity contribution in [1.29, 1.82) is 0 Å². The maximum Gasteiger partial charge on any atom is 0.165 e. The lowest BCUT2D eigenvalue weighted by Gasteiger charge is -1.99. The summed E-state index contributed by atoms with van der Waals surface area (Å²) in [6.07, 6.45) is 3.43. The first-order valence-electron chi connectivity index (χ1n) is 6.29. The van der Waals surface area contributed by atoms with Crippen LogP contribution in [-0.4, -0.2) is 11.5 Å². The molecule has 2 aromatic rings. The van der Waals surface area contributed by atoms with E-state index < -0.39 is 0 Å². The van der Waals surface area contributed by atoms with Gasteiger partial charge in [0.2, 0.25) is 0 Å². The molecule has 0 amide bonds. The second kappa shape index (κ2) is 7.32. The van der Waals surface area contributed by atoms with Gasteiger partial charge in [-0.05, 0) is 42.8 Å². The Morgan fingerprint density at radius 3 is 2.40 bits per heavy atom. The van der Waals surface area contributed by atoms with Crippen molar-refractivity contribution in [2.24, 2.45) is 0 Å². The fraction of sp³-hybridized carbons (Fsp3) is 0.118. The fourth-order valence-corrected chi connectivity index (χ4v) is 2.46. The second-order valence-corrected chi connectivity index (χ2v) is 5.94. The van der Waals surface area contributed by atoms with Gasteiger partial charge in [-0.2, -0.15) is 0 Å². The van der Waals surface area contributed by atoms with Gasteiger partial charge in [-0.3, -0.25) is 4.79 Å². The lowest BCUT2D eigenvalue weighted by molar-refractivity contribution is -0.112. The van der Waals surface area contributed by atoms with Crippen LogP contribution < -0.4 is 0 Å². The molecule has 0 aromatic heterocycles. The monoisotopic (exact) mass is 302 g/mol. The van der Waals surface area contributed by atoms with Crippen molar-refractivity contribution in [1.82, 2.24) is 0 Å². The van der Waals surface area contributed by atoms with Gasteiger partial charge < -0.3 is 0 Å². The van der Waals surface area contributed by atoms with E-state index in [1.807, 2.05) is 42.5 Å². The third-order valence-corrected chi connectivity index (χ3v) is 4.02. The van der Waals surface area contributed by atoms with Crippen LogP contribution in [0.2, 0.25) is 5.02 Å². The molecule has 0 N–H and O–H groups in total. The Morgan fingerprint density at radius 2 is 1.75 bits per heavy atom. The predicted molar refractivity (Wildman–Crippen MR) is 87.4 cm³/mol. The van der Waals surface area contributed by atoms with E-state index in [1.54, 1.807) is 17.8 Å². The maximum absolute atomic E-state index is 11.8. The number of halogens is 1. The molecule has 0 bridgehead atoms. The molecule has 0 saturated heterocycles. The van der Waals surface area contributed by atoms with Gasteiger partial charge in [0, 0.05) is 9.92 Å².